The van der Waals surface area contributed by atoms with Crippen LogP contribution in [0.25, 0.3) is 0 Å². The summed E-state index contributed by atoms with van der Waals surface area (Å²) in [5.41, 5.74) is 5.97. The van der Waals surface area contributed by atoms with Crippen LogP contribution >= 0.6 is 0 Å². The molecule has 2 N–H and O–H groups in total. The van der Waals surface area contributed by atoms with Crippen LogP contribution in [0.3, 0.4) is 0 Å². The van der Waals surface area contributed by atoms with Gasteiger partial charge < -0.3 is 15.5 Å². The zero-order valence-corrected chi connectivity index (χ0v) is 12.4. The van der Waals surface area contributed by atoms with Crippen LogP contribution in [-0.2, 0) is 4.79 Å². The van der Waals surface area contributed by atoms with Gasteiger partial charge in [0.2, 0.25) is 5.91 Å². The molecular weight excluding hydrogens is 226 g/mol. The molecule has 0 aromatic rings. The van der Waals surface area contributed by atoms with Gasteiger partial charge in [-0.25, -0.2) is 0 Å². The summed E-state index contributed by atoms with van der Waals surface area (Å²) in [6.07, 6.45) is 2.47. The molecule has 1 amide bonds. The van der Waals surface area contributed by atoms with Crippen LogP contribution in [0.15, 0.2) is 0 Å². The Morgan fingerprint density at radius 1 is 1.50 bits per heavy atom. The second-order valence-electron chi connectivity index (χ2n) is 5.92. The lowest BCUT2D eigenvalue weighted by atomic mass is 9.97. The minimum atomic E-state index is -0.355. The number of nitrogens with two attached hydrogens (primary N) is 1. The van der Waals surface area contributed by atoms with E-state index in [0.29, 0.717) is 5.92 Å². The first-order valence-corrected chi connectivity index (χ1v) is 7.18. The van der Waals surface area contributed by atoms with E-state index in [1.807, 2.05) is 25.7 Å². The van der Waals surface area contributed by atoms with E-state index in [1.54, 1.807) is 0 Å². The Bertz CT molecular complexity index is 268. The zero-order chi connectivity index (χ0) is 13.7. The van der Waals surface area contributed by atoms with Gasteiger partial charge in [0.05, 0.1) is 6.04 Å². The van der Waals surface area contributed by atoms with Gasteiger partial charge in [-0.3, -0.25) is 4.79 Å². The van der Waals surface area contributed by atoms with Crippen molar-refractivity contribution in [2.75, 3.05) is 33.2 Å². The Hall–Kier alpha value is -0.610. The minimum absolute atomic E-state index is 0.112. The summed E-state index contributed by atoms with van der Waals surface area (Å²) in [6.45, 7) is 9.95. The normalized spacial score (nSPS) is 23.1. The highest BCUT2D eigenvalue weighted by molar-refractivity contribution is 5.81. The van der Waals surface area contributed by atoms with Crippen LogP contribution < -0.4 is 5.73 Å². The number of rotatable bonds is 5. The Morgan fingerprint density at radius 3 is 2.67 bits per heavy atom. The van der Waals surface area contributed by atoms with Crippen molar-refractivity contribution in [3.05, 3.63) is 0 Å². The Labute approximate surface area is 111 Å². The minimum Gasteiger partial charge on any atom is -0.341 e. The molecule has 1 aliphatic rings. The van der Waals surface area contributed by atoms with E-state index in [9.17, 15) is 4.79 Å². The molecule has 0 radical (unpaired) electrons. The van der Waals surface area contributed by atoms with Crippen molar-refractivity contribution in [3.63, 3.8) is 0 Å². The molecule has 0 aromatic carbocycles. The number of nitrogens with zero attached hydrogens (tertiary/aromatic N) is 2. The Balaban J connectivity index is 2.53. The average Bonchev–Trinajstić information content (AvgIpc) is 2.34. The lowest BCUT2D eigenvalue weighted by Crippen LogP contribution is -2.49. The smallest absolute Gasteiger partial charge is 0.239 e. The first-order chi connectivity index (χ1) is 8.45. The maximum absolute atomic E-state index is 12.3. The van der Waals surface area contributed by atoms with E-state index in [4.69, 9.17) is 5.73 Å². The summed E-state index contributed by atoms with van der Waals surface area (Å²) in [4.78, 5) is 16.6. The van der Waals surface area contributed by atoms with Crippen LogP contribution in [0, 0.1) is 11.8 Å². The number of amides is 1. The molecule has 1 aliphatic heterocycles. The maximum Gasteiger partial charge on any atom is 0.239 e. The summed E-state index contributed by atoms with van der Waals surface area (Å²) in [5, 5.41) is 0. The number of piperidine rings is 1. The highest BCUT2D eigenvalue weighted by Gasteiger charge is 2.26. The van der Waals surface area contributed by atoms with E-state index in [2.05, 4.69) is 11.9 Å². The molecule has 0 spiro atoms. The highest BCUT2D eigenvalue weighted by atomic mass is 16.2. The molecule has 0 saturated carbocycles. The third kappa shape index (κ3) is 4.25. The summed E-state index contributed by atoms with van der Waals surface area (Å²) in [5.74, 6) is 0.924. The molecule has 4 heteroatoms. The molecule has 0 bridgehead atoms. The standard InChI is InChI=1S/C14H29N3O/c1-5-17(14(18)13(15)11(2)3)10-12-7-6-8-16(4)9-12/h11-13H,5-10,15H2,1-4H3/t12-,13+/m1/s1. The summed E-state index contributed by atoms with van der Waals surface area (Å²) < 4.78 is 0. The maximum atomic E-state index is 12.3. The molecule has 1 saturated heterocycles. The van der Waals surface area contributed by atoms with Gasteiger partial charge in [0.25, 0.3) is 0 Å². The van der Waals surface area contributed by atoms with Gasteiger partial charge in [0.15, 0.2) is 0 Å². The number of hydrogen-bond donors (Lipinski definition) is 1. The first-order valence-electron chi connectivity index (χ1n) is 7.18. The molecule has 0 unspecified atom stereocenters. The summed E-state index contributed by atoms with van der Waals surface area (Å²) in [6, 6.07) is -0.355. The van der Waals surface area contributed by atoms with Crippen molar-refractivity contribution in [3.8, 4) is 0 Å². The van der Waals surface area contributed by atoms with Gasteiger partial charge in [-0.1, -0.05) is 13.8 Å². The first kappa shape index (κ1) is 15.4. The molecule has 1 fully saturated rings. The molecule has 0 aliphatic carbocycles. The van der Waals surface area contributed by atoms with Crippen molar-refractivity contribution in [1.82, 2.24) is 9.80 Å². The van der Waals surface area contributed by atoms with Crippen molar-refractivity contribution in [2.45, 2.75) is 39.7 Å². The van der Waals surface area contributed by atoms with Crippen LogP contribution in [-0.4, -0.2) is 55.0 Å². The van der Waals surface area contributed by atoms with Crippen molar-refractivity contribution in [1.29, 1.82) is 0 Å². The summed E-state index contributed by atoms with van der Waals surface area (Å²) in [7, 11) is 2.16. The van der Waals surface area contributed by atoms with Crippen molar-refractivity contribution < 1.29 is 4.79 Å². The molecule has 106 valence electrons. The largest absolute Gasteiger partial charge is 0.341 e. The van der Waals surface area contributed by atoms with E-state index in [0.717, 1.165) is 19.6 Å². The van der Waals surface area contributed by atoms with E-state index >= 15 is 0 Å². The van der Waals surface area contributed by atoms with Crippen molar-refractivity contribution >= 4 is 5.91 Å². The predicted molar refractivity (Wildman–Crippen MR) is 75.3 cm³/mol. The molecule has 1 rings (SSSR count). The fourth-order valence-electron chi connectivity index (χ4n) is 2.60. The summed E-state index contributed by atoms with van der Waals surface area (Å²) >= 11 is 0. The quantitative estimate of drug-likeness (QED) is 0.802. The number of hydrogen-bond acceptors (Lipinski definition) is 3. The van der Waals surface area contributed by atoms with Crippen LogP contribution in [0.5, 0.6) is 0 Å². The third-order valence-corrected chi connectivity index (χ3v) is 3.90. The van der Waals surface area contributed by atoms with Gasteiger partial charge >= 0.3 is 0 Å². The van der Waals surface area contributed by atoms with Gasteiger partial charge in [0, 0.05) is 19.6 Å². The van der Waals surface area contributed by atoms with Gasteiger partial charge in [-0.2, -0.15) is 0 Å². The average molecular weight is 255 g/mol. The lowest BCUT2D eigenvalue weighted by molar-refractivity contribution is -0.134. The molecule has 4 nitrogen and oxygen atoms in total. The molecule has 2 atom stereocenters. The van der Waals surface area contributed by atoms with Crippen LogP contribution in [0.2, 0.25) is 0 Å². The van der Waals surface area contributed by atoms with E-state index in [-0.39, 0.29) is 17.9 Å². The van der Waals surface area contributed by atoms with Gasteiger partial charge in [-0.05, 0) is 45.2 Å². The second-order valence-corrected chi connectivity index (χ2v) is 5.92. The Morgan fingerprint density at radius 2 is 2.17 bits per heavy atom. The molecule has 0 aromatic heterocycles. The second kappa shape index (κ2) is 7.10. The zero-order valence-electron chi connectivity index (χ0n) is 12.4. The highest BCUT2D eigenvalue weighted by Crippen LogP contribution is 2.17. The molecule has 1 heterocycles. The van der Waals surface area contributed by atoms with Crippen LogP contribution in [0.4, 0.5) is 0 Å². The fourth-order valence-corrected chi connectivity index (χ4v) is 2.60. The Kier molecular flexibility index (Phi) is 6.09. The van der Waals surface area contributed by atoms with E-state index < -0.39 is 0 Å². The number of carbonyl (C=O) groups excluding carboxylic acids is 1. The lowest BCUT2D eigenvalue weighted by Gasteiger charge is -2.34. The van der Waals surface area contributed by atoms with Gasteiger partial charge in [0.1, 0.15) is 0 Å². The van der Waals surface area contributed by atoms with Crippen LogP contribution in [0.1, 0.15) is 33.6 Å². The number of carbonyl (C=O) groups is 1. The predicted octanol–water partition coefficient (Wildman–Crippen LogP) is 1.16. The topological polar surface area (TPSA) is 49.6 Å². The molecular formula is C14H29N3O. The number of likely N-dealkylation sites (tertiary alicyclic amines) is 1. The van der Waals surface area contributed by atoms with Gasteiger partial charge in [-0.15, -0.1) is 0 Å². The fraction of sp³-hybridized carbons (Fsp3) is 0.929. The van der Waals surface area contributed by atoms with E-state index in [1.165, 1.54) is 19.4 Å². The number of likely N-dealkylation sites (N-methyl/N-ethyl adjacent to an activating group) is 1. The third-order valence-electron chi connectivity index (χ3n) is 3.90. The SMILES string of the molecule is CCN(C[C@@H]1CCCN(C)C1)C(=O)[C@@H](N)C(C)C. The van der Waals surface area contributed by atoms with Crippen molar-refractivity contribution in [2.24, 2.45) is 17.6 Å². The molecule has 18 heavy (non-hydrogen) atoms. The monoisotopic (exact) mass is 255 g/mol.